The topological polar surface area (TPSA) is 77.7 Å². The maximum absolute atomic E-state index is 13.7. The van der Waals surface area contributed by atoms with Crippen LogP contribution in [-0.4, -0.2) is 24.5 Å². The van der Waals surface area contributed by atoms with E-state index >= 15 is 0 Å². The van der Waals surface area contributed by atoms with Crippen molar-refractivity contribution in [1.29, 1.82) is 0 Å². The van der Waals surface area contributed by atoms with Gasteiger partial charge in [0.1, 0.15) is 17.3 Å². The van der Waals surface area contributed by atoms with Gasteiger partial charge >= 0.3 is 0 Å². The van der Waals surface area contributed by atoms with Gasteiger partial charge in [-0.2, -0.15) is 0 Å². The van der Waals surface area contributed by atoms with E-state index in [1.165, 1.54) is 12.1 Å². The number of benzene rings is 3. The maximum Gasteiger partial charge on any atom is 0.258 e. The summed E-state index contributed by atoms with van der Waals surface area (Å²) in [5, 5.41) is 4.97. The fourth-order valence-corrected chi connectivity index (χ4v) is 5.98. The summed E-state index contributed by atoms with van der Waals surface area (Å²) in [5.74, 6) is 0.585. The number of anilines is 3. The first-order chi connectivity index (χ1) is 21.4. The Morgan fingerprint density at radius 1 is 1.02 bits per heavy atom. The van der Waals surface area contributed by atoms with Gasteiger partial charge in [0.15, 0.2) is 0 Å². The summed E-state index contributed by atoms with van der Waals surface area (Å²) in [7, 11) is 1.87. The number of aromatic amines is 1. The molecule has 7 nitrogen and oxygen atoms in total. The number of para-hydroxylation sites is 1. The highest BCUT2D eigenvalue weighted by Crippen LogP contribution is 2.37. The van der Waals surface area contributed by atoms with Crippen molar-refractivity contribution in [3.05, 3.63) is 135 Å². The van der Waals surface area contributed by atoms with E-state index in [4.69, 9.17) is 16.3 Å². The molecule has 3 aromatic carbocycles. The third kappa shape index (κ3) is 4.99. The van der Waals surface area contributed by atoms with Crippen LogP contribution in [0.4, 0.5) is 21.5 Å². The highest BCUT2D eigenvalue weighted by atomic mass is 35.5. The first kappa shape index (κ1) is 27.5. The smallest absolute Gasteiger partial charge is 0.258 e. The van der Waals surface area contributed by atoms with Gasteiger partial charge in [0.2, 0.25) is 5.91 Å². The molecule has 44 heavy (non-hydrogen) atoms. The van der Waals surface area contributed by atoms with Crippen molar-refractivity contribution >= 4 is 46.3 Å². The van der Waals surface area contributed by atoms with Crippen molar-refractivity contribution in [3.63, 3.8) is 0 Å². The monoisotopic (exact) mass is 604 g/mol. The predicted octanol–water partition coefficient (Wildman–Crippen LogP) is 5.43. The number of carbonyl (C=O) groups is 1. The summed E-state index contributed by atoms with van der Waals surface area (Å²) in [6.45, 7) is 0.497. The zero-order valence-corrected chi connectivity index (χ0v) is 24.4. The number of hydrogen-bond donors (Lipinski definition) is 2. The molecule has 3 aliphatic heterocycles. The molecule has 0 aromatic heterocycles. The molecule has 0 radical (unpaired) electrons. The Kier molecular flexibility index (Phi) is 6.91. The average Bonchev–Trinajstić information content (AvgIpc) is 3.22. The molecular formula is C35H26ClFN4O3. The van der Waals surface area contributed by atoms with E-state index < -0.39 is 0 Å². The van der Waals surface area contributed by atoms with Crippen molar-refractivity contribution in [1.82, 2.24) is 10.3 Å². The molecule has 0 spiro atoms. The number of ether oxygens (including phenoxy) is 1. The minimum Gasteiger partial charge on any atom is -0.457 e. The predicted molar refractivity (Wildman–Crippen MR) is 172 cm³/mol. The molecule has 0 unspecified atom stereocenters. The lowest BCUT2D eigenvalue weighted by Gasteiger charge is -2.27. The first-order valence-electron chi connectivity index (χ1n) is 14.0. The van der Waals surface area contributed by atoms with Crippen LogP contribution in [0.1, 0.15) is 5.56 Å². The fraction of sp³-hybridized carbons (Fsp3) is 0.0857. The number of carbonyl (C=O) groups excluding carboxylic acids is 1. The lowest BCUT2D eigenvalue weighted by atomic mass is 10.0. The molecule has 0 saturated heterocycles. The standard InChI is InChI=1S/C35H26ClFN4O3/c1-40-17-15-27(38-31(42)20-21-19-22(36)7-14-30(21)44-25-5-3-2-4-6-25)26-12-13-29-32-28(39-35(43)33(32)34(26)40)16-18-41(29)24-10-8-23(37)9-11-24/h2-17,19H,18,20H2,1H3,(H,38,42)(H,39,43). The van der Waals surface area contributed by atoms with Crippen LogP contribution in [0.15, 0.2) is 102 Å². The van der Waals surface area contributed by atoms with E-state index in [-0.39, 0.29) is 23.7 Å². The Bertz CT molecular complexity index is 2110. The Balaban J connectivity index is 1.29. The van der Waals surface area contributed by atoms with Gasteiger partial charge in [0.25, 0.3) is 5.56 Å². The zero-order chi connectivity index (χ0) is 30.4. The van der Waals surface area contributed by atoms with Crippen LogP contribution in [0.2, 0.25) is 5.02 Å². The lowest BCUT2D eigenvalue weighted by molar-refractivity contribution is -0.119. The zero-order valence-electron chi connectivity index (χ0n) is 23.6. The molecule has 0 atom stereocenters. The van der Waals surface area contributed by atoms with Crippen molar-refractivity contribution in [2.24, 2.45) is 0 Å². The van der Waals surface area contributed by atoms with Gasteiger partial charge in [-0.05, 0) is 78.9 Å². The van der Waals surface area contributed by atoms with E-state index in [9.17, 15) is 14.0 Å². The van der Waals surface area contributed by atoms with Crippen LogP contribution in [0.25, 0.3) is 22.9 Å². The Hall–Kier alpha value is -5.34. The molecule has 0 saturated carbocycles. The Labute approximate surface area is 257 Å². The number of hydrogen-bond acceptors (Lipinski definition) is 5. The third-order valence-electron chi connectivity index (χ3n) is 7.78. The molecule has 0 bridgehead atoms. The van der Waals surface area contributed by atoms with Gasteiger partial charge < -0.3 is 24.8 Å². The maximum atomic E-state index is 13.7. The number of nitrogens with one attached hydrogen (secondary N) is 2. The fourth-order valence-electron chi connectivity index (χ4n) is 5.78. The number of fused-ring (bicyclic) bond motifs is 2. The van der Waals surface area contributed by atoms with Crippen LogP contribution in [-0.2, 0) is 11.2 Å². The van der Waals surface area contributed by atoms with Crippen molar-refractivity contribution in [2.75, 3.05) is 23.4 Å². The average molecular weight is 605 g/mol. The van der Waals surface area contributed by atoms with Gasteiger partial charge in [-0.3, -0.25) is 9.59 Å². The second-order valence-electron chi connectivity index (χ2n) is 10.6. The quantitative estimate of drug-likeness (QED) is 0.270. The molecule has 1 aliphatic carbocycles. The van der Waals surface area contributed by atoms with Crippen LogP contribution in [0.3, 0.4) is 0 Å². The van der Waals surface area contributed by atoms with E-state index in [0.717, 1.165) is 22.3 Å². The van der Waals surface area contributed by atoms with Crippen molar-refractivity contribution < 1.29 is 13.9 Å². The Morgan fingerprint density at radius 3 is 2.61 bits per heavy atom. The molecule has 3 heterocycles. The van der Waals surface area contributed by atoms with Crippen LogP contribution < -0.4 is 36.0 Å². The van der Waals surface area contributed by atoms with Crippen LogP contribution >= 0.6 is 11.6 Å². The van der Waals surface area contributed by atoms with E-state index in [2.05, 4.69) is 10.3 Å². The molecule has 3 aromatic rings. The van der Waals surface area contributed by atoms with E-state index in [1.807, 2.05) is 77.7 Å². The number of nitrogens with zero attached hydrogens (tertiary/aromatic N) is 2. The third-order valence-corrected chi connectivity index (χ3v) is 8.02. The number of H-pyrrole nitrogens is 1. The van der Waals surface area contributed by atoms with Gasteiger partial charge in [-0.15, -0.1) is 0 Å². The summed E-state index contributed by atoms with van der Waals surface area (Å²) in [6.07, 6.45) is 5.60. The van der Waals surface area contributed by atoms with Crippen molar-refractivity contribution in [3.8, 4) is 22.6 Å². The second-order valence-corrected chi connectivity index (χ2v) is 11.1. The molecular weight excluding hydrogens is 579 g/mol. The molecule has 4 aliphatic rings. The van der Waals surface area contributed by atoms with Gasteiger partial charge in [0.05, 0.1) is 29.1 Å². The molecule has 7 rings (SSSR count). The van der Waals surface area contributed by atoms with Gasteiger partial charge in [0, 0.05) is 52.2 Å². The Morgan fingerprint density at radius 2 is 1.82 bits per heavy atom. The minimum absolute atomic E-state index is 0.0132. The molecule has 0 fully saturated rings. The lowest BCUT2D eigenvalue weighted by Crippen LogP contribution is -2.32. The number of aromatic nitrogens is 1. The summed E-state index contributed by atoms with van der Waals surface area (Å²) in [5.41, 5.74) is 4.50. The second kappa shape index (κ2) is 11.1. The molecule has 2 N–H and O–H groups in total. The number of halogens is 2. The normalized spacial score (nSPS) is 13.5. The van der Waals surface area contributed by atoms with Crippen LogP contribution in [0.5, 0.6) is 11.5 Å². The summed E-state index contributed by atoms with van der Waals surface area (Å²) in [4.78, 5) is 33.9. The van der Waals surface area contributed by atoms with Gasteiger partial charge in [-0.25, -0.2) is 4.39 Å². The number of rotatable bonds is 6. The molecule has 9 heteroatoms. The highest BCUT2D eigenvalue weighted by Gasteiger charge is 2.28. The highest BCUT2D eigenvalue weighted by molar-refractivity contribution is 6.30. The van der Waals surface area contributed by atoms with E-state index in [1.54, 1.807) is 30.3 Å². The van der Waals surface area contributed by atoms with Crippen molar-refractivity contribution in [2.45, 2.75) is 6.42 Å². The molecule has 218 valence electrons. The minimum atomic E-state index is -0.322. The summed E-state index contributed by atoms with van der Waals surface area (Å²) in [6, 6.07) is 24.6. The van der Waals surface area contributed by atoms with Gasteiger partial charge in [-0.1, -0.05) is 29.8 Å². The number of amides is 1. The summed E-state index contributed by atoms with van der Waals surface area (Å²) < 4.78 is 19.8. The molecule has 1 amide bonds. The van der Waals surface area contributed by atoms with Crippen LogP contribution in [0, 0.1) is 5.82 Å². The van der Waals surface area contributed by atoms with E-state index in [0.29, 0.717) is 50.8 Å². The summed E-state index contributed by atoms with van der Waals surface area (Å²) >= 11 is 6.30. The SMILES string of the molecule is CN1C=CC(NC(=O)Cc2cc(Cl)ccc2Oc2ccccc2)=c2ccc3c4c([nH]c(=O)c-4c21)=CCN3c1ccc(F)cc1. The first-order valence-corrected chi connectivity index (χ1v) is 14.4. The largest absolute Gasteiger partial charge is 0.457 e.